The van der Waals surface area contributed by atoms with Gasteiger partial charge in [0.25, 0.3) is 0 Å². The summed E-state index contributed by atoms with van der Waals surface area (Å²) in [7, 11) is 1.65. The van der Waals surface area contributed by atoms with Crippen LogP contribution >= 0.6 is 11.8 Å². The van der Waals surface area contributed by atoms with Crippen LogP contribution in [0.1, 0.15) is 19.4 Å². The molecule has 1 aliphatic rings. The molecule has 0 unspecified atom stereocenters. The molecule has 3 nitrogen and oxygen atoms in total. The third kappa shape index (κ3) is 3.33. The molecule has 0 amide bonds. The Morgan fingerprint density at radius 1 is 1.44 bits per heavy atom. The fraction of sp³-hybridized carbons (Fsp3) is 0.571. The molecule has 0 aromatic heterocycles. The maximum atomic E-state index is 5.94. The molecule has 0 saturated carbocycles. The van der Waals surface area contributed by atoms with Crippen LogP contribution in [0.4, 0.5) is 5.69 Å². The van der Waals surface area contributed by atoms with Gasteiger partial charge in [0, 0.05) is 30.1 Å². The number of hydrogen-bond donors (Lipinski definition) is 1. The number of rotatable bonds is 3. The van der Waals surface area contributed by atoms with Crippen molar-refractivity contribution in [3.05, 3.63) is 23.8 Å². The van der Waals surface area contributed by atoms with Crippen molar-refractivity contribution < 1.29 is 4.74 Å². The molecule has 0 spiro atoms. The van der Waals surface area contributed by atoms with Crippen LogP contribution in [0.2, 0.25) is 0 Å². The van der Waals surface area contributed by atoms with Crippen LogP contribution in [0.5, 0.6) is 5.75 Å². The van der Waals surface area contributed by atoms with Gasteiger partial charge in [-0.3, -0.25) is 4.90 Å². The van der Waals surface area contributed by atoms with E-state index in [4.69, 9.17) is 10.5 Å². The average molecular weight is 266 g/mol. The molecule has 1 aliphatic heterocycles. The largest absolute Gasteiger partial charge is 0.495 e. The predicted molar refractivity (Wildman–Crippen MR) is 79.2 cm³/mol. The lowest BCUT2D eigenvalue weighted by molar-refractivity contribution is 0.252. The van der Waals surface area contributed by atoms with Crippen molar-refractivity contribution in [3.8, 4) is 5.75 Å². The van der Waals surface area contributed by atoms with E-state index in [1.54, 1.807) is 7.11 Å². The summed E-state index contributed by atoms with van der Waals surface area (Å²) >= 11 is 2.06. The predicted octanol–water partition coefficient (Wildman–Crippen LogP) is 2.60. The van der Waals surface area contributed by atoms with Crippen molar-refractivity contribution in [2.75, 3.05) is 31.7 Å². The lowest BCUT2D eigenvalue weighted by Crippen LogP contribution is -2.42. The number of nitrogens with two attached hydrogens (primary N) is 1. The van der Waals surface area contributed by atoms with E-state index in [1.807, 2.05) is 12.1 Å². The first kappa shape index (κ1) is 13.6. The molecule has 100 valence electrons. The van der Waals surface area contributed by atoms with Gasteiger partial charge in [0.1, 0.15) is 5.75 Å². The standard InChI is InChI=1S/C14H22N2OS/c1-14(2)10-16(6-7-18-14)9-11-4-5-13(17-3)12(15)8-11/h4-5,8H,6-7,9-10,15H2,1-3H3. The van der Waals surface area contributed by atoms with Gasteiger partial charge in [-0.2, -0.15) is 11.8 Å². The highest BCUT2D eigenvalue weighted by Gasteiger charge is 2.26. The molecule has 1 aromatic carbocycles. The number of thioether (sulfide) groups is 1. The molecule has 0 bridgehead atoms. The Hall–Kier alpha value is -0.870. The van der Waals surface area contributed by atoms with Gasteiger partial charge in [-0.25, -0.2) is 0 Å². The first-order valence-electron chi connectivity index (χ1n) is 6.29. The summed E-state index contributed by atoms with van der Waals surface area (Å²) in [6.45, 7) is 7.88. The molecule has 0 aliphatic carbocycles. The fourth-order valence-electron chi connectivity index (χ4n) is 2.39. The van der Waals surface area contributed by atoms with Crippen LogP contribution in [0, 0.1) is 0 Å². The van der Waals surface area contributed by atoms with Crippen LogP contribution in [-0.2, 0) is 6.54 Å². The van der Waals surface area contributed by atoms with Gasteiger partial charge in [-0.05, 0) is 31.5 Å². The number of anilines is 1. The highest BCUT2D eigenvalue weighted by atomic mass is 32.2. The zero-order chi connectivity index (χ0) is 13.2. The van der Waals surface area contributed by atoms with E-state index < -0.39 is 0 Å². The van der Waals surface area contributed by atoms with E-state index in [9.17, 15) is 0 Å². The van der Waals surface area contributed by atoms with Gasteiger partial charge in [-0.1, -0.05) is 6.07 Å². The van der Waals surface area contributed by atoms with E-state index in [-0.39, 0.29) is 0 Å². The van der Waals surface area contributed by atoms with Crippen LogP contribution in [-0.4, -0.2) is 35.6 Å². The summed E-state index contributed by atoms with van der Waals surface area (Å²) in [4.78, 5) is 2.50. The van der Waals surface area contributed by atoms with Gasteiger partial charge in [-0.15, -0.1) is 0 Å². The Kier molecular flexibility index (Phi) is 4.07. The second kappa shape index (κ2) is 5.41. The minimum atomic E-state index is 0.357. The maximum Gasteiger partial charge on any atom is 0.141 e. The summed E-state index contributed by atoms with van der Waals surface area (Å²) < 4.78 is 5.54. The summed E-state index contributed by atoms with van der Waals surface area (Å²) in [5, 5.41) is 0. The van der Waals surface area contributed by atoms with E-state index >= 15 is 0 Å². The van der Waals surface area contributed by atoms with E-state index in [0.29, 0.717) is 4.75 Å². The molecule has 4 heteroatoms. The molecule has 1 saturated heterocycles. The third-order valence-corrected chi connectivity index (χ3v) is 4.50. The number of nitrogens with zero attached hydrogens (tertiary/aromatic N) is 1. The van der Waals surface area contributed by atoms with Crippen molar-refractivity contribution in [1.29, 1.82) is 0 Å². The Bertz CT molecular complexity index is 420. The molecule has 0 radical (unpaired) electrons. The fourth-order valence-corrected chi connectivity index (χ4v) is 3.57. The molecule has 1 fully saturated rings. The lowest BCUT2D eigenvalue weighted by atomic mass is 10.1. The molecule has 1 heterocycles. The summed E-state index contributed by atoms with van der Waals surface area (Å²) in [5.41, 5.74) is 7.93. The smallest absolute Gasteiger partial charge is 0.141 e. The van der Waals surface area contributed by atoms with Crippen LogP contribution in [0.15, 0.2) is 18.2 Å². The van der Waals surface area contributed by atoms with Crippen molar-refractivity contribution >= 4 is 17.4 Å². The van der Waals surface area contributed by atoms with Gasteiger partial charge in [0.2, 0.25) is 0 Å². The van der Waals surface area contributed by atoms with Crippen molar-refractivity contribution in [3.63, 3.8) is 0 Å². The van der Waals surface area contributed by atoms with Crippen LogP contribution in [0.3, 0.4) is 0 Å². The molecule has 0 atom stereocenters. The minimum Gasteiger partial charge on any atom is -0.495 e. The second-order valence-corrected chi connectivity index (χ2v) is 7.20. The molecule has 2 rings (SSSR count). The Labute approximate surface area is 114 Å². The number of methoxy groups -OCH3 is 1. The van der Waals surface area contributed by atoms with Crippen molar-refractivity contribution in [2.45, 2.75) is 25.1 Å². The molecule has 2 N–H and O–H groups in total. The Morgan fingerprint density at radius 3 is 2.83 bits per heavy atom. The number of ether oxygens (including phenoxy) is 1. The van der Waals surface area contributed by atoms with E-state index in [0.717, 1.165) is 31.1 Å². The lowest BCUT2D eigenvalue weighted by Gasteiger charge is -2.37. The summed E-state index contributed by atoms with van der Waals surface area (Å²) in [6, 6.07) is 6.08. The van der Waals surface area contributed by atoms with E-state index in [1.165, 1.54) is 11.3 Å². The average Bonchev–Trinajstić information content (AvgIpc) is 2.28. The van der Waals surface area contributed by atoms with Gasteiger partial charge < -0.3 is 10.5 Å². The molecule has 18 heavy (non-hydrogen) atoms. The number of nitrogen functional groups attached to an aromatic ring is 1. The van der Waals surface area contributed by atoms with Gasteiger partial charge >= 0.3 is 0 Å². The highest BCUT2D eigenvalue weighted by molar-refractivity contribution is 8.00. The molecule has 1 aromatic rings. The second-order valence-electron chi connectivity index (χ2n) is 5.40. The van der Waals surface area contributed by atoms with Crippen molar-refractivity contribution in [2.24, 2.45) is 0 Å². The topological polar surface area (TPSA) is 38.5 Å². The summed E-state index contributed by atoms with van der Waals surface area (Å²) in [5.74, 6) is 1.96. The normalized spacial score (nSPS) is 19.7. The third-order valence-electron chi connectivity index (χ3n) is 3.20. The Balaban J connectivity index is 2.03. The SMILES string of the molecule is COc1ccc(CN2CCSC(C)(C)C2)cc1N. The summed E-state index contributed by atoms with van der Waals surface area (Å²) in [6.07, 6.45) is 0. The zero-order valence-corrected chi connectivity index (χ0v) is 12.2. The molecular weight excluding hydrogens is 244 g/mol. The zero-order valence-electron chi connectivity index (χ0n) is 11.4. The number of benzene rings is 1. The van der Waals surface area contributed by atoms with Gasteiger partial charge in [0.15, 0.2) is 0 Å². The van der Waals surface area contributed by atoms with E-state index in [2.05, 4.69) is 36.6 Å². The number of hydrogen-bond acceptors (Lipinski definition) is 4. The van der Waals surface area contributed by atoms with Crippen LogP contribution in [0.25, 0.3) is 0 Å². The van der Waals surface area contributed by atoms with Crippen molar-refractivity contribution in [1.82, 2.24) is 4.90 Å². The maximum absolute atomic E-state index is 5.94. The van der Waals surface area contributed by atoms with Crippen LogP contribution < -0.4 is 10.5 Å². The molecular formula is C14H22N2OS. The Morgan fingerprint density at radius 2 is 2.22 bits per heavy atom. The monoisotopic (exact) mass is 266 g/mol. The quantitative estimate of drug-likeness (QED) is 0.854. The first-order valence-corrected chi connectivity index (χ1v) is 7.27. The minimum absolute atomic E-state index is 0.357. The highest BCUT2D eigenvalue weighted by Crippen LogP contribution is 2.30. The first-order chi connectivity index (χ1) is 8.50. The van der Waals surface area contributed by atoms with Gasteiger partial charge in [0.05, 0.1) is 12.8 Å².